The Bertz CT molecular complexity index is 1460. The number of carboxylic acids is 1. The van der Waals surface area contributed by atoms with Crippen molar-refractivity contribution in [3.05, 3.63) is 71.4 Å². The van der Waals surface area contributed by atoms with Gasteiger partial charge in [-0.2, -0.15) is 13.2 Å². The molecule has 3 atom stereocenters. The van der Waals surface area contributed by atoms with Crippen molar-refractivity contribution in [1.29, 1.82) is 0 Å². The summed E-state index contributed by atoms with van der Waals surface area (Å²) < 4.78 is 44.9. The van der Waals surface area contributed by atoms with Crippen molar-refractivity contribution in [2.45, 2.75) is 61.7 Å². The summed E-state index contributed by atoms with van der Waals surface area (Å²) >= 11 is 3.92. The van der Waals surface area contributed by atoms with Gasteiger partial charge in [0.05, 0.1) is 11.1 Å². The van der Waals surface area contributed by atoms with Gasteiger partial charge in [-0.15, -0.1) is 0 Å². The molecule has 210 valence electrons. The van der Waals surface area contributed by atoms with Crippen LogP contribution in [0.2, 0.25) is 0 Å². The number of pyridine rings is 1. The van der Waals surface area contributed by atoms with E-state index in [1.807, 2.05) is 0 Å². The van der Waals surface area contributed by atoms with Gasteiger partial charge in [0, 0.05) is 21.3 Å². The van der Waals surface area contributed by atoms with E-state index in [9.17, 15) is 27.9 Å². The Kier molecular flexibility index (Phi) is 6.59. The number of aliphatic carboxylic acids is 1. The van der Waals surface area contributed by atoms with Crippen LogP contribution in [-0.2, 0) is 17.6 Å². The third kappa shape index (κ3) is 4.95. The number of nitrogens with one attached hydrogen (secondary N) is 1. The summed E-state index contributed by atoms with van der Waals surface area (Å²) in [6.07, 6.45) is 2.51. The number of hydrogen-bond donors (Lipinski definition) is 2. The quantitative estimate of drug-likeness (QED) is 0.287. The summed E-state index contributed by atoms with van der Waals surface area (Å²) in [6.45, 7) is -0.101. The third-order valence-electron chi connectivity index (χ3n) is 8.81. The van der Waals surface area contributed by atoms with Crippen LogP contribution in [-0.4, -0.2) is 32.3 Å². The fraction of sp³-hybridized carbons (Fsp3) is 0.433. The molecule has 4 aliphatic rings. The third-order valence-corrected chi connectivity index (χ3v) is 9.73. The molecule has 0 saturated heterocycles. The van der Waals surface area contributed by atoms with E-state index in [4.69, 9.17) is 4.74 Å². The molecular formula is C30H28BrF3N2O4. The lowest BCUT2D eigenvalue weighted by atomic mass is 9.47. The average molecular weight is 617 g/mol. The Balaban J connectivity index is 1.29. The van der Waals surface area contributed by atoms with Crippen LogP contribution >= 0.6 is 15.9 Å². The van der Waals surface area contributed by atoms with Gasteiger partial charge in [-0.25, -0.2) is 4.79 Å². The number of benzene rings is 2. The van der Waals surface area contributed by atoms with Crippen molar-refractivity contribution in [2.75, 3.05) is 0 Å². The van der Waals surface area contributed by atoms with E-state index in [1.54, 1.807) is 30.5 Å². The lowest BCUT2D eigenvalue weighted by molar-refractivity contribution is -0.149. The molecule has 4 saturated carbocycles. The molecular weight excluding hydrogens is 589 g/mol. The molecule has 4 fully saturated rings. The number of nitrogens with zero attached hydrogens (tertiary/aromatic N) is 1. The molecule has 7 rings (SSSR count). The molecule has 6 nitrogen and oxygen atoms in total. The highest BCUT2D eigenvalue weighted by molar-refractivity contribution is 9.10. The molecule has 0 spiro atoms. The van der Waals surface area contributed by atoms with Gasteiger partial charge in [0.25, 0.3) is 5.91 Å². The van der Waals surface area contributed by atoms with Crippen LogP contribution in [0.5, 0.6) is 5.75 Å². The number of halogens is 4. The fourth-order valence-corrected chi connectivity index (χ4v) is 9.11. The lowest BCUT2D eigenvalue weighted by Crippen LogP contribution is -2.63. The maximum Gasteiger partial charge on any atom is 0.416 e. The Morgan fingerprint density at radius 3 is 2.40 bits per heavy atom. The SMILES string of the molecule is O=C(N[C@H](C(=O)O)C12CC3CC(CC(Br)(C3)C1)C2)c1ccc2cccnc2c1OCc1ccc(C(F)(F)F)cc1. The second kappa shape index (κ2) is 9.75. The number of hydrogen-bond acceptors (Lipinski definition) is 4. The summed E-state index contributed by atoms with van der Waals surface area (Å²) in [5.74, 6) is -0.611. The minimum absolute atomic E-state index is 0.0850. The highest BCUT2D eigenvalue weighted by Gasteiger charge is 2.61. The number of carboxylic acid groups (broad SMARTS) is 1. The van der Waals surface area contributed by atoms with Crippen LogP contribution in [0, 0.1) is 17.3 Å². The topological polar surface area (TPSA) is 88.5 Å². The number of alkyl halides is 4. The van der Waals surface area contributed by atoms with E-state index >= 15 is 0 Å². The number of carbonyl (C=O) groups excluding carboxylic acids is 1. The maximum absolute atomic E-state index is 13.7. The number of ether oxygens (including phenoxy) is 1. The standard InChI is InChI=1S/C30H28BrF3N2O4/c31-29-13-18-10-19(14-29)12-28(11-18,16-29)25(27(38)39)36-26(37)22-8-5-20-2-1-9-35-23(20)24(22)40-15-17-3-6-21(7-4-17)30(32,33)34/h1-9,18-19,25H,10-16H2,(H,36,37)(H,38,39)/t18?,19?,25-,28?,29?/m1/s1. The predicted octanol–water partition coefficient (Wildman–Crippen LogP) is 6.75. The van der Waals surface area contributed by atoms with Crippen LogP contribution in [0.4, 0.5) is 13.2 Å². The first-order valence-corrected chi connectivity index (χ1v) is 14.1. The zero-order chi connectivity index (χ0) is 28.3. The van der Waals surface area contributed by atoms with E-state index in [-0.39, 0.29) is 22.2 Å². The molecule has 0 aliphatic heterocycles. The first-order valence-electron chi connectivity index (χ1n) is 13.3. The van der Waals surface area contributed by atoms with Crippen molar-refractivity contribution in [3.8, 4) is 5.75 Å². The van der Waals surface area contributed by atoms with Gasteiger partial charge < -0.3 is 15.2 Å². The van der Waals surface area contributed by atoms with E-state index in [0.29, 0.717) is 34.7 Å². The second-order valence-corrected chi connectivity index (χ2v) is 13.4. The first kappa shape index (κ1) is 27.1. The molecule has 3 aromatic rings. The van der Waals surface area contributed by atoms with Crippen molar-refractivity contribution in [1.82, 2.24) is 10.3 Å². The van der Waals surface area contributed by atoms with Crippen LogP contribution in [0.15, 0.2) is 54.7 Å². The van der Waals surface area contributed by atoms with Crippen molar-refractivity contribution >= 4 is 38.7 Å². The van der Waals surface area contributed by atoms with E-state index in [2.05, 4.69) is 26.2 Å². The lowest BCUT2D eigenvalue weighted by Gasteiger charge is -2.61. The minimum Gasteiger partial charge on any atom is -0.486 e. The molecule has 10 heteroatoms. The Hall–Kier alpha value is -3.14. The zero-order valence-electron chi connectivity index (χ0n) is 21.5. The highest BCUT2D eigenvalue weighted by atomic mass is 79.9. The van der Waals surface area contributed by atoms with Gasteiger partial charge in [-0.05, 0) is 80.2 Å². The Labute approximate surface area is 237 Å². The van der Waals surface area contributed by atoms with Crippen LogP contribution < -0.4 is 10.1 Å². The summed E-state index contributed by atoms with van der Waals surface area (Å²) in [6, 6.07) is 10.4. The Morgan fingerprint density at radius 2 is 1.77 bits per heavy atom. The summed E-state index contributed by atoms with van der Waals surface area (Å²) in [5.41, 5.74) is -0.290. The molecule has 2 aromatic carbocycles. The largest absolute Gasteiger partial charge is 0.486 e. The molecule has 1 amide bonds. The average Bonchev–Trinajstić information content (AvgIpc) is 2.88. The Morgan fingerprint density at radius 1 is 1.07 bits per heavy atom. The van der Waals surface area contributed by atoms with Crippen molar-refractivity contribution in [2.24, 2.45) is 17.3 Å². The van der Waals surface area contributed by atoms with Crippen LogP contribution in [0.1, 0.15) is 60.0 Å². The summed E-state index contributed by atoms with van der Waals surface area (Å²) in [5, 5.41) is 13.9. The van der Waals surface area contributed by atoms with Crippen molar-refractivity contribution in [3.63, 3.8) is 0 Å². The number of fused-ring (bicyclic) bond motifs is 1. The number of rotatable bonds is 7. The number of carbonyl (C=O) groups is 2. The van der Waals surface area contributed by atoms with Crippen LogP contribution in [0.25, 0.3) is 10.9 Å². The van der Waals surface area contributed by atoms with E-state index < -0.39 is 35.1 Å². The number of aromatic nitrogens is 1. The monoisotopic (exact) mass is 616 g/mol. The van der Waals surface area contributed by atoms with E-state index in [0.717, 1.165) is 44.2 Å². The van der Waals surface area contributed by atoms with Gasteiger partial charge in [0.15, 0.2) is 5.75 Å². The summed E-state index contributed by atoms with van der Waals surface area (Å²) in [7, 11) is 0. The van der Waals surface area contributed by atoms with Gasteiger partial charge in [-0.1, -0.05) is 40.2 Å². The van der Waals surface area contributed by atoms with Gasteiger partial charge in [0.1, 0.15) is 18.2 Å². The zero-order valence-corrected chi connectivity index (χ0v) is 23.1. The molecule has 2 N–H and O–H groups in total. The predicted molar refractivity (Wildman–Crippen MR) is 145 cm³/mol. The molecule has 1 heterocycles. The molecule has 4 aliphatic carbocycles. The summed E-state index contributed by atoms with van der Waals surface area (Å²) in [4.78, 5) is 30.8. The van der Waals surface area contributed by atoms with Crippen molar-refractivity contribution < 1.29 is 32.6 Å². The van der Waals surface area contributed by atoms with Gasteiger partial charge >= 0.3 is 12.1 Å². The number of amides is 1. The molecule has 2 unspecified atom stereocenters. The first-order chi connectivity index (χ1) is 18.9. The maximum atomic E-state index is 13.7. The van der Waals surface area contributed by atoms with Gasteiger partial charge in [0.2, 0.25) is 0 Å². The smallest absolute Gasteiger partial charge is 0.416 e. The van der Waals surface area contributed by atoms with Crippen LogP contribution in [0.3, 0.4) is 0 Å². The second-order valence-electron chi connectivity index (χ2n) is 11.7. The molecule has 0 radical (unpaired) electrons. The molecule has 1 aromatic heterocycles. The highest BCUT2D eigenvalue weighted by Crippen LogP contribution is 2.65. The van der Waals surface area contributed by atoms with Gasteiger partial charge in [-0.3, -0.25) is 9.78 Å². The normalized spacial score (nSPS) is 27.9. The molecule has 40 heavy (non-hydrogen) atoms. The molecule has 4 bridgehead atoms. The minimum atomic E-state index is -4.45. The van der Waals surface area contributed by atoms with E-state index in [1.165, 1.54) is 12.1 Å². The fourth-order valence-electron chi connectivity index (χ4n) is 7.63.